The first-order valence-corrected chi connectivity index (χ1v) is 7.54. The first kappa shape index (κ1) is 15.5. The molecule has 1 amide bonds. The lowest BCUT2D eigenvalue weighted by atomic mass is 9.81. The summed E-state index contributed by atoms with van der Waals surface area (Å²) in [7, 11) is 0. The Balaban J connectivity index is 1.97. The minimum Gasteiger partial charge on any atom is -0.481 e. The van der Waals surface area contributed by atoms with E-state index >= 15 is 0 Å². The summed E-state index contributed by atoms with van der Waals surface area (Å²) in [5.74, 6) is -1.34. The topological polar surface area (TPSA) is 90.2 Å². The number of anilines is 1. The van der Waals surface area contributed by atoms with Crippen LogP contribution in [0.4, 0.5) is 5.69 Å². The molecule has 0 spiro atoms. The Kier molecular flexibility index (Phi) is 4.97. The lowest BCUT2D eigenvalue weighted by Crippen LogP contribution is -2.29. The van der Waals surface area contributed by atoms with E-state index in [0.29, 0.717) is 41.4 Å². The largest absolute Gasteiger partial charge is 0.481 e. The number of carbonyl (C=O) groups is 2. The van der Waals surface area contributed by atoms with Gasteiger partial charge in [0, 0.05) is 10.4 Å². The Morgan fingerprint density at radius 1 is 1.24 bits per heavy atom. The molecular weight excluding hydrogens is 336 g/mol. The second-order valence-electron chi connectivity index (χ2n) is 5.18. The van der Waals surface area contributed by atoms with Crippen molar-refractivity contribution in [1.82, 2.24) is 0 Å². The van der Waals surface area contributed by atoms with E-state index in [1.807, 2.05) is 6.07 Å². The van der Waals surface area contributed by atoms with Crippen LogP contribution in [0.3, 0.4) is 0 Å². The van der Waals surface area contributed by atoms with Gasteiger partial charge in [0.25, 0.3) is 0 Å². The fourth-order valence-corrected chi connectivity index (χ4v) is 3.00. The van der Waals surface area contributed by atoms with Crippen molar-refractivity contribution in [3.05, 3.63) is 28.2 Å². The van der Waals surface area contributed by atoms with Gasteiger partial charge in [-0.05, 0) is 59.8 Å². The molecule has 21 heavy (non-hydrogen) atoms. The summed E-state index contributed by atoms with van der Waals surface area (Å²) in [5.41, 5.74) is 1.14. The van der Waals surface area contributed by atoms with E-state index in [-0.39, 0.29) is 17.7 Å². The summed E-state index contributed by atoms with van der Waals surface area (Å²) in [5, 5.41) is 20.6. The standard InChI is InChI=1S/C15H15BrN2O3/c16-12-7-9(8-17)1-6-13(12)18-14(19)10-2-4-11(5-3-10)15(20)21/h1,6-7,10-11H,2-5H2,(H,18,19)(H,20,21). The number of nitriles is 1. The molecule has 2 N–H and O–H groups in total. The predicted molar refractivity (Wildman–Crippen MR) is 80.6 cm³/mol. The van der Waals surface area contributed by atoms with Crippen molar-refractivity contribution in [1.29, 1.82) is 5.26 Å². The van der Waals surface area contributed by atoms with Crippen LogP contribution >= 0.6 is 15.9 Å². The van der Waals surface area contributed by atoms with Crippen molar-refractivity contribution < 1.29 is 14.7 Å². The number of carbonyl (C=O) groups excluding carboxylic acids is 1. The molecule has 0 bridgehead atoms. The second-order valence-corrected chi connectivity index (χ2v) is 6.04. The zero-order chi connectivity index (χ0) is 15.4. The minimum absolute atomic E-state index is 0.0933. The van der Waals surface area contributed by atoms with Gasteiger partial charge in [0.2, 0.25) is 5.91 Å². The van der Waals surface area contributed by atoms with E-state index in [1.54, 1.807) is 18.2 Å². The van der Waals surface area contributed by atoms with Crippen LogP contribution in [0.15, 0.2) is 22.7 Å². The molecule has 0 unspecified atom stereocenters. The lowest BCUT2D eigenvalue weighted by molar-refractivity contribution is -0.143. The molecule has 6 heteroatoms. The molecule has 1 saturated carbocycles. The van der Waals surface area contributed by atoms with E-state index in [2.05, 4.69) is 21.2 Å². The van der Waals surface area contributed by atoms with Gasteiger partial charge in [-0.2, -0.15) is 5.26 Å². The van der Waals surface area contributed by atoms with Crippen LogP contribution in [0.5, 0.6) is 0 Å². The van der Waals surface area contributed by atoms with Crippen LogP contribution in [0.1, 0.15) is 31.2 Å². The van der Waals surface area contributed by atoms with E-state index in [9.17, 15) is 9.59 Å². The molecule has 0 heterocycles. The van der Waals surface area contributed by atoms with Crippen LogP contribution in [-0.2, 0) is 9.59 Å². The first-order chi connectivity index (χ1) is 10.0. The molecule has 1 aliphatic rings. The van der Waals surface area contributed by atoms with E-state index in [4.69, 9.17) is 10.4 Å². The summed E-state index contributed by atoms with van der Waals surface area (Å²) in [6, 6.07) is 7.00. The molecule has 5 nitrogen and oxygen atoms in total. The third kappa shape index (κ3) is 3.82. The SMILES string of the molecule is N#Cc1ccc(NC(=O)C2CCC(C(=O)O)CC2)c(Br)c1. The van der Waals surface area contributed by atoms with Crippen molar-refractivity contribution >= 4 is 33.5 Å². The van der Waals surface area contributed by atoms with Crippen LogP contribution < -0.4 is 5.32 Å². The molecule has 1 aromatic rings. The van der Waals surface area contributed by atoms with Crippen molar-refractivity contribution in [2.45, 2.75) is 25.7 Å². The average molecular weight is 351 g/mol. The lowest BCUT2D eigenvalue weighted by Gasteiger charge is -2.25. The highest BCUT2D eigenvalue weighted by Gasteiger charge is 2.29. The Labute approximate surface area is 131 Å². The number of nitrogens with zero attached hydrogens (tertiary/aromatic N) is 1. The summed E-state index contributed by atoms with van der Waals surface area (Å²) in [6.45, 7) is 0. The minimum atomic E-state index is -0.774. The number of nitrogens with one attached hydrogen (secondary N) is 1. The predicted octanol–water partition coefficient (Wildman–Crippen LogP) is 3.15. The van der Waals surface area contributed by atoms with Gasteiger partial charge in [-0.15, -0.1) is 0 Å². The molecule has 110 valence electrons. The van der Waals surface area contributed by atoms with Gasteiger partial charge >= 0.3 is 5.97 Å². The molecule has 1 aliphatic carbocycles. The van der Waals surface area contributed by atoms with Gasteiger partial charge in [0.15, 0.2) is 0 Å². The zero-order valence-corrected chi connectivity index (χ0v) is 12.9. The van der Waals surface area contributed by atoms with Gasteiger partial charge in [-0.25, -0.2) is 0 Å². The number of hydrogen-bond donors (Lipinski definition) is 2. The maximum absolute atomic E-state index is 12.2. The molecule has 2 rings (SSSR count). The summed E-state index contributed by atoms with van der Waals surface area (Å²) in [6.07, 6.45) is 2.28. The Bertz CT molecular complexity index is 601. The summed E-state index contributed by atoms with van der Waals surface area (Å²) in [4.78, 5) is 23.1. The number of halogens is 1. The van der Waals surface area contributed by atoms with E-state index in [1.165, 1.54) is 0 Å². The Hall–Kier alpha value is -1.87. The highest BCUT2D eigenvalue weighted by Crippen LogP contribution is 2.31. The molecular formula is C15H15BrN2O3. The number of carboxylic acids is 1. The quantitative estimate of drug-likeness (QED) is 0.875. The van der Waals surface area contributed by atoms with Crippen molar-refractivity contribution in [2.24, 2.45) is 11.8 Å². The zero-order valence-electron chi connectivity index (χ0n) is 11.3. The monoisotopic (exact) mass is 350 g/mol. The third-order valence-corrected chi connectivity index (χ3v) is 4.46. The third-order valence-electron chi connectivity index (χ3n) is 3.80. The number of amides is 1. The number of carboxylic acid groups (broad SMARTS) is 1. The molecule has 0 aliphatic heterocycles. The fourth-order valence-electron chi connectivity index (χ4n) is 2.52. The Morgan fingerprint density at radius 3 is 2.38 bits per heavy atom. The molecule has 1 fully saturated rings. The van der Waals surface area contributed by atoms with Gasteiger partial charge < -0.3 is 10.4 Å². The average Bonchev–Trinajstić information content (AvgIpc) is 2.49. The van der Waals surface area contributed by atoms with Crippen molar-refractivity contribution in [3.63, 3.8) is 0 Å². The van der Waals surface area contributed by atoms with E-state index < -0.39 is 5.97 Å². The normalized spacial score (nSPS) is 21.3. The first-order valence-electron chi connectivity index (χ1n) is 6.74. The molecule has 0 aromatic heterocycles. The van der Waals surface area contributed by atoms with Gasteiger partial charge in [-0.3, -0.25) is 9.59 Å². The maximum atomic E-state index is 12.2. The van der Waals surface area contributed by atoms with Gasteiger partial charge in [0.05, 0.1) is 23.2 Å². The van der Waals surface area contributed by atoms with Gasteiger partial charge in [0.1, 0.15) is 0 Å². The second kappa shape index (κ2) is 6.72. The highest BCUT2D eigenvalue weighted by molar-refractivity contribution is 9.10. The van der Waals surface area contributed by atoms with E-state index in [0.717, 1.165) is 0 Å². The molecule has 0 radical (unpaired) electrons. The van der Waals surface area contributed by atoms with Crippen molar-refractivity contribution in [2.75, 3.05) is 5.32 Å². The fraction of sp³-hybridized carbons (Fsp3) is 0.400. The van der Waals surface area contributed by atoms with Gasteiger partial charge in [-0.1, -0.05) is 0 Å². The highest BCUT2D eigenvalue weighted by atomic mass is 79.9. The number of rotatable bonds is 3. The maximum Gasteiger partial charge on any atom is 0.306 e. The molecule has 0 atom stereocenters. The summed E-state index contributed by atoms with van der Waals surface area (Å²) < 4.78 is 0.661. The number of aliphatic carboxylic acids is 1. The molecule has 1 aromatic carbocycles. The number of benzene rings is 1. The van der Waals surface area contributed by atoms with Crippen LogP contribution in [0, 0.1) is 23.2 Å². The van der Waals surface area contributed by atoms with Crippen LogP contribution in [0.25, 0.3) is 0 Å². The summed E-state index contributed by atoms with van der Waals surface area (Å²) >= 11 is 3.33. The Morgan fingerprint density at radius 2 is 1.86 bits per heavy atom. The smallest absolute Gasteiger partial charge is 0.306 e. The number of hydrogen-bond acceptors (Lipinski definition) is 3. The van der Waals surface area contributed by atoms with Crippen LogP contribution in [0.2, 0.25) is 0 Å². The van der Waals surface area contributed by atoms with Crippen molar-refractivity contribution in [3.8, 4) is 6.07 Å². The molecule has 0 saturated heterocycles. The van der Waals surface area contributed by atoms with Crippen LogP contribution in [-0.4, -0.2) is 17.0 Å².